The second-order valence-corrected chi connectivity index (χ2v) is 8.62. The van der Waals surface area contributed by atoms with Gasteiger partial charge < -0.3 is 23.7 Å². The minimum Gasteiger partial charge on any atom is -0.467 e. The van der Waals surface area contributed by atoms with Crippen LogP contribution in [-0.4, -0.2) is 41.0 Å². The largest absolute Gasteiger partial charge is 0.467 e. The first-order chi connectivity index (χ1) is 16.5. The summed E-state index contributed by atoms with van der Waals surface area (Å²) >= 11 is 0. The molecule has 0 atom stereocenters. The van der Waals surface area contributed by atoms with Gasteiger partial charge in [-0.25, -0.2) is 0 Å². The first-order valence-corrected chi connectivity index (χ1v) is 11.5. The Bertz CT molecular complexity index is 1100. The van der Waals surface area contributed by atoms with E-state index in [9.17, 15) is 9.59 Å². The number of rotatable bonds is 10. The van der Waals surface area contributed by atoms with Gasteiger partial charge in [-0.1, -0.05) is 36.4 Å². The van der Waals surface area contributed by atoms with E-state index in [-0.39, 0.29) is 31.2 Å². The van der Waals surface area contributed by atoms with Gasteiger partial charge in [-0.05, 0) is 55.7 Å². The van der Waals surface area contributed by atoms with E-state index in [4.69, 9.17) is 13.9 Å². The summed E-state index contributed by atoms with van der Waals surface area (Å²) in [6.07, 6.45) is 2.59. The fourth-order valence-corrected chi connectivity index (χ4v) is 3.93. The molecule has 7 nitrogen and oxygen atoms in total. The molecule has 2 aromatic carbocycles. The van der Waals surface area contributed by atoms with Crippen molar-refractivity contribution in [1.82, 2.24) is 9.80 Å². The SMILES string of the molecule is CC(C)N(CC(=O)N(Cc1ccc2c(c1)OCO2)Cc1ccco1)C(=O)CCc1ccccc1. The number of aryl methyl sites for hydroxylation is 1. The molecule has 0 saturated heterocycles. The minimum atomic E-state index is -0.143. The number of ether oxygens (including phenoxy) is 2. The lowest BCUT2D eigenvalue weighted by atomic mass is 10.1. The van der Waals surface area contributed by atoms with E-state index in [1.165, 1.54) is 0 Å². The van der Waals surface area contributed by atoms with Crippen molar-refractivity contribution in [3.8, 4) is 11.5 Å². The van der Waals surface area contributed by atoms with Crippen LogP contribution in [0.2, 0.25) is 0 Å². The molecule has 2 heterocycles. The van der Waals surface area contributed by atoms with E-state index in [0.717, 1.165) is 11.1 Å². The number of benzene rings is 2. The topological polar surface area (TPSA) is 72.2 Å². The molecule has 1 aliphatic heterocycles. The molecule has 0 aliphatic carbocycles. The predicted octanol–water partition coefficient (Wildman–Crippen LogP) is 4.41. The van der Waals surface area contributed by atoms with Gasteiger partial charge in [0.2, 0.25) is 18.6 Å². The quantitative estimate of drug-likeness (QED) is 0.446. The van der Waals surface area contributed by atoms with Crippen LogP contribution in [0.4, 0.5) is 0 Å². The number of carbonyl (C=O) groups excluding carboxylic acids is 2. The van der Waals surface area contributed by atoms with Crippen LogP contribution in [0.1, 0.15) is 37.2 Å². The molecule has 0 saturated carbocycles. The van der Waals surface area contributed by atoms with E-state index in [0.29, 0.717) is 43.2 Å². The Kier molecular flexibility index (Phi) is 7.52. The Morgan fingerprint density at radius 3 is 2.41 bits per heavy atom. The molecule has 1 aliphatic rings. The second-order valence-electron chi connectivity index (χ2n) is 8.62. The Morgan fingerprint density at radius 2 is 1.68 bits per heavy atom. The van der Waals surface area contributed by atoms with E-state index in [1.54, 1.807) is 22.1 Å². The van der Waals surface area contributed by atoms with E-state index in [1.807, 2.05) is 68.4 Å². The van der Waals surface area contributed by atoms with Gasteiger partial charge in [0, 0.05) is 19.0 Å². The molecule has 2 amide bonds. The van der Waals surface area contributed by atoms with Gasteiger partial charge in [0.1, 0.15) is 5.76 Å². The molecule has 0 radical (unpaired) electrons. The van der Waals surface area contributed by atoms with Gasteiger partial charge in [0.15, 0.2) is 11.5 Å². The Labute approximate surface area is 199 Å². The van der Waals surface area contributed by atoms with Gasteiger partial charge in [-0.15, -0.1) is 0 Å². The van der Waals surface area contributed by atoms with Crippen LogP contribution in [0.15, 0.2) is 71.3 Å². The summed E-state index contributed by atoms with van der Waals surface area (Å²) in [5, 5.41) is 0. The van der Waals surface area contributed by atoms with Gasteiger partial charge in [-0.3, -0.25) is 9.59 Å². The van der Waals surface area contributed by atoms with Crippen LogP contribution >= 0.6 is 0 Å². The molecule has 0 fully saturated rings. The summed E-state index contributed by atoms with van der Waals surface area (Å²) in [6, 6.07) is 19.1. The maximum Gasteiger partial charge on any atom is 0.242 e. The number of amides is 2. The molecule has 1 aromatic heterocycles. The van der Waals surface area contributed by atoms with E-state index in [2.05, 4.69) is 0 Å². The number of carbonyl (C=O) groups is 2. The third-order valence-electron chi connectivity index (χ3n) is 5.81. The van der Waals surface area contributed by atoms with E-state index >= 15 is 0 Å². The van der Waals surface area contributed by atoms with Crippen molar-refractivity contribution in [2.45, 2.75) is 45.8 Å². The Morgan fingerprint density at radius 1 is 0.882 bits per heavy atom. The van der Waals surface area contributed by atoms with E-state index < -0.39 is 0 Å². The maximum absolute atomic E-state index is 13.4. The molecule has 4 rings (SSSR count). The standard InChI is InChI=1S/C27H30N2O5/c1-20(2)29(26(30)13-11-21-7-4-3-5-8-21)18-27(31)28(17-23-9-6-14-32-23)16-22-10-12-24-25(15-22)34-19-33-24/h3-10,12,14-15,20H,11,13,16-19H2,1-2H3. The highest BCUT2D eigenvalue weighted by atomic mass is 16.7. The average Bonchev–Trinajstić information content (AvgIpc) is 3.52. The van der Waals surface area contributed by atoms with Gasteiger partial charge >= 0.3 is 0 Å². The highest BCUT2D eigenvalue weighted by molar-refractivity contribution is 5.85. The van der Waals surface area contributed by atoms with Crippen LogP contribution < -0.4 is 9.47 Å². The average molecular weight is 463 g/mol. The number of nitrogens with zero attached hydrogens (tertiary/aromatic N) is 2. The Balaban J connectivity index is 1.45. The first kappa shape index (κ1) is 23.4. The molecule has 3 aromatic rings. The highest BCUT2D eigenvalue weighted by Crippen LogP contribution is 2.33. The van der Waals surface area contributed by atoms with Crippen LogP contribution in [0.5, 0.6) is 11.5 Å². The third kappa shape index (κ3) is 5.98. The van der Waals surface area contributed by atoms with Crippen molar-refractivity contribution in [2.24, 2.45) is 0 Å². The molecule has 7 heteroatoms. The van der Waals surface area contributed by atoms with Crippen LogP contribution in [0, 0.1) is 0 Å². The number of fused-ring (bicyclic) bond motifs is 1. The van der Waals surface area contributed by atoms with Gasteiger partial charge in [-0.2, -0.15) is 0 Å². The number of hydrogen-bond acceptors (Lipinski definition) is 5. The number of furan rings is 1. The lowest BCUT2D eigenvalue weighted by Crippen LogP contribution is -2.45. The highest BCUT2D eigenvalue weighted by Gasteiger charge is 2.25. The Hall–Kier alpha value is -3.74. The van der Waals surface area contributed by atoms with Crippen LogP contribution in [-0.2, 0) is 29.1 Å². The van der Waals surface area contributed by atoms with Crippen molar-refractivity contribution in [3.63, 3.8) is 0 Å². The lowest BCUT2D eigenvalue weighted by Gasteiger charge is -2.30. The molecule has 0 spiro atoms. The molecular weight excluding hydrogens is 432 g/mol. The van der Waals surface area contributed by atoms with Gasteiger partial charge in [0.25, 0.3) is 0 Å². The molecule has 0 unspecified atom stereocenters. The lowest BCUT2D eigenvalue weighted by molar-refractivity contribution is -0.142. The van der Waals surface area contributed by atoms with Crippen molar-refractivity contribution in [3.05, 3.63) is 83.8 Å². The zero-order valence-corrected chi connectivity index (χ0v) is 19.6. The molecular formula is C27H30N2O5. The summed E-state index contributed by atoms with van der Waals surface area (Å²) in [4.78, 5) is 29.8. The minimum absolute atomic E-state index is 0.0105. The number of hydrogen-bond donors (Lipinski definition) is 0. The molecule has 0 N–H and O–H groups in total. The van der Waals surface area contributed by atoms with Crippen molar-refractivity contribution in [1.29, 1.82) is 0 Å². The monoisotopic (exact) mass is 462 g/mol. The van der Waals surface area contributed by atoms with Crippen molar-refractivity contribution in [2.75, 3.05) is 13.3 Å². The van der Waals surface area contributed by atoms with Crippen molar-refractivity contribution >= 4 is 11.8 Å². The fraction of sp³-hybridized carbons (Fsp3) is 0.333. The summed E-state index contributed by atoms with van der Waals surface area (Å²) < 4.78 is 16.4. The maximum atomic E-state index is 13.4. The first-order valence-electron chi connectivity index (χ1n) is 11.5. The summed E-state index contributed by atoms with van der Waals surface area (Å²) in [5.41, 5.74) is 2.02. The molecule has 0 bridgehead atoms. The van der Waals surface area contributed by atoms with Crippen LogP contribution in [0.25, 0.3) is 0 Å². The zero-order valence-electron chi connectivity index (χ0n) is 19.6. The molecule has 178 valence electrons. The smallest absolute Gasteiger partial charge is 0.242 e. The summed E-state index contributed by atoms with van der Waals surface area (Å²) in [6.45, 7) is 4.74. The fourth-order valence-electron chi connectivity index (χ4n) is 3.93. The predicted molar refractivity (Wildman–Crippen MR) is 127 cm³/mol. The third-order valence-corrected chi connectivity index (χ3v) is 5.81. The summed E-state index contributed by atoms with van der Waals surface area (Å²) in [5.74, 6) is 1.87. The van der Waals surface area contributed by atoms with Gasteiger partial charge in [0.05, 0.1) is 19.4 Å². The molecule has 34 heavy (non-hydrogen) atoms. The summed E-state index contributed by atoms with van der Waals surface area (Å²) in [7, 11) is 0. The zero-order chi connectivity index (χ0) is 23.9. The second kappa shape index (κ2) is 10.9. The van der Waals surface area contributed by atoms with Crippen molar-refractivity contribution < 1.29 is 23.5 Å². The van der Waals surface area contributed by atoms with Crippen LogP contribution in [0.3, 0.4) is 0 Å². The normalized spacial score (nSPS) is 12.1.